The Morgan fingerprint density at radius 3 is 2.66 bits per heavy atom. The summed E-state index contributed by atoms with van der Waals surface area (Å²) in [5.74, 6) is -0.768. The number of benzene rings is 1. The molecule has 11 heteroatoms. The van der Waals surface area contributed by atoms with Gasteiger partial charge in [-0.1, -0.05) is 13.0 Å². The minimum atomic E-state index is -0.801. The summed E-state index contributed by atoms with van der Waals surface area (Å²) in [6, 6.07) is 8.66. The van der Waals surface area contributed by atoms with Crippen LogP contribution in [-0.2, 0) is 4.79 Å². The van der Waals surface area contributed by atoms with E-state index in [1.165, 1.54) is 24.3 Å². The van der Waals surface area contributed by atoms with Gasteiger partial charge in [0, 0.05) is 74.1 Å². The van der Waals surface area contributed by atoms with E-state index in [4.69, 9.17) is 4.74 Å². The van der Waals surface area contributed by atoms with Crippen LogP contribution in [0.15, 0.2) is 79.0 Å². The third kappa shape index (κ3) is 7.12. The zero-order chi connectivity index (χ0) is 28.8. The van der Waals surface area contributed by atoms with E-state index in [1.807, 2.05) is 12.1 Å². The van der Waals surface area contributed by atoms with Crippen molar-refractivity contribution >= 4 is 23.4 Å². The van der Waals surface area contributed by atoms with Gasteiger partial charge in [-0.25, -0.2) is 18.6 Å². The molecule has 3 aromatic rings. The third-order valence-electron chi connectivity index (χ3n) is 6.96. The highest BCUT2D eigenvalue weighted by atomic mass is 19.1. The van der Waals surface area contributed by atoms with Crippen molar-refractivity contribution in [3.05, 3.63) is 84.9 Å². The Bertz CT molecular complexity index is 1470. The molecule has 0 spiro atoms. The number of piperazine rings is 1. The van der Waals surface area contributed by atoms with Crippen molar-refractivity contribution < 1.29 is 23.1 Å². The standard InChI is InChI=1S/C30H30F2N6O3/c1-19-14-22(31)4-2-20(19)15-29(39)37-30(40)36-23-5-6-27(25(32)16-23)41-26-8-9-34-18-24(26)21-3-7-28(35-17-21)38-12-10-33-11-13-38/h2-9,14,16-20,33H,10-13,15H2,1H3,(H2,36,37,39,40). The number of anilines is 2. The van der Waals surface area contributed by atoms with E-state index in [0.717, 1.165) is 43.6 Å². The minimum Gasteiger partial charge on any atom is -0.454 e. The number of aromatic nitrogens is 2. The first-order chi connectivity index (χ1) is 19.9. The number of rotatable bonds is 7. The molecule has 1 saturated heterocycles. The highest BCUT2D eigenvalue weighted by molar-refractivity contribution is 6.01. The van der Waals surface area contributed by atoms with E-state index in [0.29, 0.717) is 11.3 Å². The van der Waals surface area contributed by atoms with Crippen LogP contribution in [0.1, 0.15) is 13.3 Å². The lowest BCUT2D eigenvalue weighted by atomic mass is 9.87. The summed E-state index contributed by atoms with van der Waals surface area (Å²) in [6.07, 6.45) is 9.28. The van der Waals surface area contributed by atoms with Gasteiger partial charge in [0.1, 0.15) is 17.4 Å². The Morgan fingerprint density at radius 2 is 1.93 bits per heavy atom. The fourth-order valence-electron chi connectivity index (χ4n) is 4.72. The second-order valence-electron chi connectivity index (χ2n) is 9.90. The molecule has 5 rings (SSSR count). The predicted octanol–water partition coefficient (Wildman–Crippen LogP) is 5.20. The van der Waals surface area contributed by atoms with E-state index < -0.39 is 17.8 Å². The maximum absolute atomic E-state index is 15.0. The van der Waals surface area contributed by atoms with Crippen molar-refractivity contribution in [2.45, 2.75) is 13.3 Å². The van der Waals surface area contributed by atoms with Crippen molar-refractivity contribution in [2.24, 2.45) is 11.8 Å². The zero-order valence-electron chi connectivity index (χ0n) is 22.4. The van der Waals surface area contributed by atoms with Crippen LogP contribution in [0.4, 0.5) is 25.1 Å². The average molecular weight is 561 g/mol. The number of hydrogen-bond donors (Lipinski definition) is 3. The molecule has 2 unspecified atom stereocenters. The van der Waals surface area contributed by atoms with E-state index in [-0.39, 0.29) is 35.5 Å². The number of nitrogens with zero attached hydrogens (tertiary/aromatic N) is 3. The zero-order valence-corrected chi connectivity index (χ0v) is 22.4. The van der Waals surface area contributed by atoms with Gasteiger partial charge in [-0.05, 0) is 54.3 Å². The molecule has 212 valence electrons. The quantitative estimate of drug-likeness (QED) is 0.365. The van der Waals surface area contributed by atoms with Crippen molar-refractivity contribution in [3.8, 4) is 22.6 Å². The largest absolute Gasteiger partial charge is 0.454 e. The molecule has 3 heterocycles. The van der Waals surface area contributed by atoms with Gasteiger partial charge < -0.3 is 20.3 Å². The SMILES string of the molecule is CC1C=C(F)C=CC1CC(=O)NC(=O)Nc1ccc(Oc2ccncc2-c2ccc(N3CCNCC3)nc2)c(F)c1. The number of ether oxygens (including phenoxy) is 1. The molecule has 9 nitrogen and oxygen atoms in total. The molecule has 1 fully saturated rings. The summed E-state index contributed by atoms with van der Waals surface area (Å²) in [6.45, 7) is 5.38. The lowest BCUT2D eigenvalue weighted by Gasteiger charge is -2.28. The van der Waals surface area contributed by atoms with Gasteiger partial charge >= 0.3 is 6.03 Å². The molecule has 1 aliphatic carbocycles. The molecular weight excluding hydrogens is 530 g/mol. The van der Waals surface area contributed by atoms with Crippen LogP contribution in [0, 0.1) is 17.7 Å². The maximum Gasteiger partial charge on any atom is 0.325 e. The number of halogens is 2. The van der Waals surface area contributed by atoms with Crippen molar-refractivity contribution in [3.63, 3.8) is 0 Å². The molecule has 3 amide bonds. The smallest absolute Gasteiger partial charge is 0.325 e. The van der Waals surface area contributed by atoms with Gasteiger partial charge in [-0.15, -0.1) is 0 Å². The van der Waals surface area contributed by atoms with Gasteiger partial charge in [0.15, 0.2) is 11.6 Å². The predicted molar refractivity (Wildman–Crippen MR) is 152 cm³/mol. The lowest BCUT2D eigenvalue weighted by Crippen LogP contribution is -2.43. The van der Waals surface area contributed by atoms with E-state index in [2.05, 4.69) is 30.8 Å². The van der Waals surface area contributed by atoms with Crippen molar-refractivity contribution in [1.29, 1.82) is 0 Å². The molecule has 3 N–H and O–H groups in total. The third-order valence-corrected chi connectivity index (χ3v) is 6.96. The van der Waals surface area contributed by atoms with Gasteiger partial charge in [-0.2, -0.15) is 0 Å². The van der Waals surface area contributed by atoms with Crippen LogP contribution < -0.4 is 25.6 Å². The summed E-state index contributed by atoms with van der Waals surface area (Å²) in [5.41, 5.74) is 1.55. The second kappa shape index (κ2) is 12.7. The number of nitrogens with one attached hydrogen (secondary N) is 3. The molecular formula is C30H30F2N6O3. The number of carbonyl (C=O) groups excluding carboxylic acids is 2. The number of carbonyl (C=O) groups is 2. The minimum absolute atomic E-state index is 0.0122. The number of hydrogen-bond acceptors (Lipinski definition) is 7. The maximum atomic E-state index is 15.0. The van der Waals surface area contributed by atoms with Gasteiger partial charge in [0.2, 0.25) is 5.91 Å². The molecule has 1 aromatic carbocycles. The number of pyridine rings is 2. The molecule has 1 aliphatic heterocycles. The van der Waals surface area contributed by atoms with Crippen LogP contribution in [-0.4, -0.2) is 48.1 Å². The first-order valence-electron chi connectivity index (χ1n) is 13.4. The molecule has 2 atom stereocenters. The Balaban J connectivity index is 1.20. The normalized spacial score (nSPS) is 18.4. The van der Waals surface area contributed by atoms with E-state index >= 15 is 0 Å². The molecule has 2 aromatic heterocycles. The summed E-state index contributed by atoms with van der Waals surface area (Å²) < 4.78 is 34.2. The summed E-state index contributed by atoms with van der Waals surface area (Å²) in [4.78, 5) is 35.6. The Kier molecular flexibility index (Phi) is 8.64. The highest BCUT2D eigenvalue weighted by Crippen LogP contribution is 2.34. The molecule has 2 aliphatic rings. The van der Waals surface area contributed by atoms with Gasteiger partial charge in [0.05, 0.1) is 0 Å². The molecule has 41 heavy (non-hydrogen) atoms. The molecule has 0 radical (unpaired) electrons. The van der Waals surface area contributed by atoms with Crippen LogP contribution in [0.2, 0.25) is 0 Å². The lowest BCUT2D eigenvalue weighted by molar-refractivity contribution is -0.120. The second-order valence-corrected chi connectivity index (χ2v) is 9.90. The summed E-state index contributed by atoms with van der Waals surface area (Å²) in [5, 5.41) is 7.99. The Morgan fingerprint density at radius 1 is 1.10 bits per heavy atom. The van der Waals surface area contributed by atoms with Gasteiger partial charge in [-0.3, -0.25) is 15.1 Å². The van der Waals surface area contributed by atoms with E-state index in [9.17, 15) is 18.4 Å². The topological polar surface area (TPSA) is 108 Å². The monoisotopic (exact) mass is 560 g/mol. The molecule has 0 bridgehead atoms. The first kappa shape index (κ1) is 27.9. The number of amides is 3. The fraction of sp³-hybridized carbons (Fsp3) is 0.267. The first-order valence-corrected chi connectivity index (χ1v) is 13.4. The van der Waals surface area contributed by atoms with Crippen molar-refractivity contribution in [2.75, 3.05) is 36.4 Å². The number of imide groups is 1. The average Bonchev–Trinajstić information content (AvgIpc) is 2.97. The Hall–Kier alpha value is -4.64. The Labute approximate surface area is 236 Å². The fourth-order valence-corrected chi connectivity index (χ4v) is 4.72. The summed E-state index contributed by atoms with van der Waals surface area (Å²) in [7, 11) is 0. The van der Waals surface area contributed by atoms with Gasteiger partial charge in [0.25, 0.3) is 0 Å². The van der Waals surface area contributed by atoms with E-state index in [1.54, 1.807) is 37.7 Å². The number of urea groups is 1. The number of allylic oxidation sites excluding steroid dienone is 4. The highest BCUT2D eigenvalue weighted by Gasteiger charge is 2.21. The molecule has 0 saturated carbocycles. The van der Waals surface area contributed by atoms with Crippen LogP contribution in [0.5, 0.6) is 11.5 Å². The van der Waals surface area contributed by atoms with Crippen LogP contribution in [0.3, 0.4) is 0 Å². The van der Waals surface area contributed by atoms with Crippen LogP contribution in [0.25, 0.3) is 11.1 Å². The van der Waals surface area contributed by atoms with Crippen molar-refractivity contribution in [1.82, 2.24) is 20.6 Å². The summed E-state index contributed by atoms with van der Waals surface area (Å²) >= 11 is 0. The van der Waals surface area contributed by atoms with Crippen LogP contribution >= 0.6 is 0 Å².